The van der Waals surface area contributed by atoms with Gasteiger partial charge in [0.1, 0.15) is 0 Å². The Kier molecular flexibility index (Phi) is 8.09. The highest BCUT2D eigenvalue weighted by Crippen LogP contribution is 2.24. The van der Waals surface area contributed by atoms with Crippen molar-refractivity contribution in [2.24, 2.45) is 5.92 Å². The molecule has 0 aromatic carbocycles. The van der Waals surface area contributed by atoms with E-state index in [2.05, 4.69) is 6.07 Å². The van der Waals surface area contributed by atoms with Gasteiger partial charge in [-0.25, -0.2) is 0 Å². The molecule has 0 amide bonds. The lowest BCUT2D eigenvalue weighted by Gasteiger charge is -2.22. The lowest BCUT2D eigenvalue weighted by atomic mass is 9.87. The second-order valence-electron chi connectivity index (χ2n) is 5.43. The Labute approximate surface area is 106 Å². The van der Waals surface area contributed by atoms with Crippen molar-refractivity contribution in [2.75, 3.05) is 0 Å². The van der Waals surface area contributed by atoms with Gasteiger partial charge >= 0.3 is 0 Å². The van der Waals surface area contributed by atoms with Crippen LogP contribution in [0, 0.1) is 17.2 Å². The van der Waals surface area contributed by atoms with E-state index in [1.54, 1.807) is 0 Å². The van der Waals surface area contributed by atoms with E-state index in [4.69, 9.17) is 5.26 Å². The van der Waals surface area contributed by atoms with Gasteiger partial charge in [0.2, 0.25) is 0 Å². The smallest absolute Gasteiger partial charge is 0.0621 e. The Morgan fingerprint density at radius 2 is 1.41 bits per heavy atom. The van der Waals surface area contributed by atoms with Crippen molar-refractivity contribution in [3.63, 3.8) is 0 Å². The molecule has 0 unspecified atom stereocenters. The molecule has 1 N–H and O–H groups in total. The first-order valence-corrected chi connectivity index (χ1v) is 7.39. The minimum atomic E-state index is -0.164. The van der Waals surface area contributed by atoms with E-state index in [0.717, 1.165) is 25.7 Å². The first-order valence-electron chi connectivity index (χ1n) is 7.39. The molecular formula is C15H27NO. The van der Waals surface area contributed by atoms with Crippen molar-refractivity contribution < 1.29 is 5.11 Å². The van der Waals surface area contributed by atoms with E-state index in [-0.39, 0.29) is 6.10 Å². The molecule has 0 heterocycles. The van der Waals surface area contributed by atoms with Gasteiger partial charge in [0.05, 0.1) is 12.2 Å². The average Bonchev–Trinajstić information content (AvgIpc) is 2.33. The Bertz CT molecular complexity index is 221. The van der Waals surface area contributed by atoms with Crippen LogP contribution in [0.25, 0.3) is 0 Å². The van der Waals surface area contributed by atoms with Gasteiger partial charge in [-0.15, -0.1) is 0 Å². The summed E-state index contributed by atoms with van der Waals surface area (Å²) in [6.07, 6.45) is 13.8. The van der Waals surface area contributed by atoms with Gasteiger partial charge in [-0.1, -0.05) is 51.4 Å². The van der Waals surface area contributed by atoms with Crippen molar-refractivity contribution in [2.45, 2.75) is 83.2 Å². The second-order valence-corrected chi connectivity index (χ2v) is 5.43. The van der Waals surface area contributed by atoms with Crippen LogP contribution in [-0.4, -0.2) is 11.2 Å². The summed E-state index contributed by atoms with van der Waals surface area (Å²) in [5, 5.41) is 18.8. The van der Waals surface area contributed by atoms with Gasteiger partial charge in [0, 0.05) is 6.42 Å². The third-order valence-electron chi connectivity index (χ3n) is 4.00. The second kappa shape index (κ2) is 9.48. The lowest BCUT2D eigenvalue weighted by molar-refractivity contribution is 0.0848. The third-order valence-corrected chi connectivity index (χ3v) is 4.00. The zero-order valence-corrected chi connectivity index (χ0v) is 11.0. The average molecular weight is 237 g/mol. The first kappa shape index (κ1) is 14.5. The van der Waals surface area contributed by atoms with Crippen molar-refractivity contribution in [3.8, 4) is 6.07 Å². The van der Waals surface area contributed by atoms with Gasteiger partial charge in [-0.05, 0) is 25.2 Å². The summed E-state index contributed by atoms with van der Waals surface area (Å²) in [6.45, 7) is 0. The van der Waals surface area contributed by atoms with Gasteiger partial charge in [0.25, 0.3) is 0 Å². The van der Waals surface area contributed by atoms with E-state index in [0.29, 0.717) is 12.3 Å². The van der Waals surface area contributed by atoms with Crippen LogP contribution in [0.1, 0.15) is 77.0 Å². The molecule has 98 valence electrons. The van der Waals surface area contributed by atoms with Crippen LogP contribution >= 0.6 is 0 Å². The number of hydrogen-bond donors (Lipinski definition) is 1. The summed E-state index contributed by atoms with van der Waals surface area (Å²) in [4.78, 5) is 0. The highest BCUT2D eigenvalue weighted by Gasteiger charge is 2.18. The van der Waals surface area contributed by atoms with Crippen molar-refractivity contribution in [1.82, 2.24) is 0 Å². The van der Waals surface area contributed by atoms with Gasteiger partial charge in [-0.2, -0.15) is 5.26 Å². The predicted octanol–water partition coefficient (Wildman–Crippen LogP) is 4.18. The van der Waals surface area contributed by atoms with Crippen LogP contribution in [-0.2, 0) is 0 Å². The third kappa shape index (κ3) is 6.68. The quantitative estimate of drug-likeness (QED) is 0.783. The van der Waals surface area contributed by atoms with Crippen LogP contribution in [0.2, 0.25) is 0 Å². The summed E-state index contributed by atoms with van der Waals surface area (Å²) >= 11 is 0. The van der Waals surface area contributed by atoms with Crippen LogP contribution in [0.5, 0.6) is 0 Å². The Hall–Kier alpha value is -0.550. The maximum Gasteiger partial charge on any atom is 0.0621 e. The highest BCUT2D eigenvalue weighted by atomic mass is 16.3. The summed E-state index contributed by atoms with van der Waals surface area (Å²) in [5.74, 6) is 0.370. The van der Waals surface area contributed by atoms with Gasteiger partial charge in [0.15, 0.2) is 0 Å². The maximum absolute atomic E-state index is 10.2. The fourth-order valence-electron chi connectivity index (χ4n) is 2.84. The molecule has 0 spiro atoms. The van der Waals surface area contributed by atoms with E-state index in [1.807, 2.05) is 0 Å². The Morgan fingerprint density at radius 1 is 0.882 bits per heavy atom. The summed E-state index contributed by atoms with van der Waals surface area (Å²) in [5.41, 5.74) is 0. The monoisotopic (exact) mass is 237 g/mol. The van der Waals surface area contributed by atoms with Crippen molar-refractivity contribution in [1.29, 1.82) is 5.26 Å². The summed E-state index contributed by atoms with van der Waals surface area (Å²) in [6, 6.07) is 2.21. The van der Waals surface area contributed by atoms with Gasteiger partial charge < -0.3 is 5.11 Å². The van der Waals surface area contributed by atoms with Crippen LogP contribution in [0.3, 0.4) is 0 Å². The Balaban J connectivity index is 2.37. The Morgan fingerprint density at radius 3 is 2.00 bits per heavy atom. The standard InChI is InChI=1S/C15H27NO/c16-13-9-11-14-10-7-5-3-1-2-4-6-8-12-15(14)17/h14-15,17H,1-12H2/t14-,15+/m1/s1. The van der Waals surface area contributed by atoms with Crippen LogP contribution in [0.4, 0.5) is 0 Å². The van der Waals surface area contributed by atoms with Crippen LogP contribution < -0.4 is 0 Å². The molecule has 1 aliphatic carbocycles. The number of aliphatic hydroxyl groups is 1. The fraction of sp³-hybridized carbons (Fsp3) is 0.933. The molecule has 17 heavy (non-hydrogen) atoms. The molecule has 0 aromatic rings. The zero-order chi connectivity index (χ0) is 12.3. The SMILES string of the molecule is N#CCC[C@H]1CCCCCCCCCC[C@@H]1O. The normalized spacial score (nSPS) is 28.7. The number of nitriles is 1. The van der Waals surface area contributed by atoms with E-state index < -0.39 is 0 Å². The fourth-order valence-corrected chi connectivity index (χ4v) is 2.84. The molecule has 2 atom stereocenters. The molecule has 0 aliphatic heterocycles. The number of hydrogen-bond acceptors (Lipinski definition) is 2. The summed E-state index contributed by atoms with van der Waals surface area (Å²) < 4.78 is 0. The van der Waals surface area contributed by atoms with Crippen molar-refractivity contribution >= 4 is 0 Å². The molecule has 1 saturated carbocycles. The minimum absolute atomic E-state index is 0.164. The van der Waals surface area contributed by atoms with E-state index in [9.17, 15) is 5.11 Å². The maximum atomic E-state index is 10.2. The predicted molar refractivity (Wildman–Crippen MR) is 70.5 cm³/mol. The van der Waals surface area contributed by atoms with Gasteiger partial charge in [-0.3, -0.25) is 0 Å². The highest BCUT2D eigenvalue weighted by molar-refractivity contribution is 4.76. The zero-order valence-electron chi connectivity index (χ0n) is 11.0. The lowest BCUT2D eigenvalue weighted by Crippen LogP contribution is -2.20. The molecule has 2 nitrogen and oxygen atoms in total. The molecular weight excluding hydrogens is 210 g/mol. The molecule has 0 aromatic heterocycles. The van der Waals surface area contributed by atoms with E-state index >= 15 is 0 Å². The number of nitrogens with zero attached hydrogens (tertiary/aromatic N) is 1. The summed E-state index contributed by atoms with van der Waals surface area (Å²) in [7, 11) is 0. The molecule has 1 aliphatic rings. The molecule has 0 bridgehead atoms. The van der Waals surface area contributed by atoms with E-state index in [1.165, 1.54) is 44.9 Å². The molecule has 0 radical (unpaired) electrons. The number of aliphatic hydroxyl groups excluding tert-OH is 1. The topological polar surface area (TPSA) is 44.0 Å². The number of rotatable bonds is 2. The van der Waals surface area contributed by atoms with Crippen molar-refractivity contribution in [3.05, 3.63) is 0 Å². The first-order chi connectivity index (χ1) is 8.34. The minimum Gasteiger partial charge on any atom is -0.393 e. The van der Waals surface area contributed by atoms with Crippen LogP contribution in [0.15, 0.2) is 0 Å². The molecule has 2 heteroatoms. The molecule has 1 rings (SSSR count). The molecule has 0 saturated heterocycles. The largest absolute Gasteiger partial charge is 0.393 e. The molecule has 1 fully saturated rings.